The van der Waals surface area contributed by atoms with Crippen LogP contribution in [-0.2, 0) is 6.54 Å². The fourth-order valence-corrected chi connectivity index (χ4v) is 2.65. The van der Waals surface area contributed by atoms with E-state index in [1.165, 1.54) is 18.9 Å². The molecular weight excluding hydrogens is 279 g/mol. The molecule has 3 nitrogen and oxygen atoms in total. The molecule has 2 rings (SSSR count). The summed E-state index contributed by atoms with van der Waals surface area (Å²) >= 11 is 5.79. The first-order valence-corrected chi connectivity index (χ1v) is 7.60. The van der Waals surface area contributed by atoms with Gasteiger partial charge in [-0.15, -0.1) is 0 Å². The van der Waals surface area contributed by atoms with Crippen LogP contribution in [0.1, 0.15) is 25.3 Å². The maximum Gasteiger partial charge on any atom is 0.142 e. The second-order valence-electron chi connectivity index (χ2n) is 5.13. The summed E-state index contributed by atoms with van der Waals surface area (Å²) in [6.45, 7) is 6.19. The summed E-state index contributed by atoms with van der Waals surface area (Å²) in [6, 6.07) is 3.02. The van der Waals surface area contributed by atoms with Gasteiger partial charge in [-0.25, -0.2) is 4.39 Å². The third-order valence-corrected chi connectivity index (χ3v) is 3.90. The molecule has 0 bridgehead atoms. The number of hydrogen-bond acceptors (Lipinski definition) is 3. The van der Waals surface area contributed by atoms with Crippen LogP contribution in [0.4, 0.5) is 4.39 Å². The fourth-order valence-electron chi connectivity index (χ4n) is 2.49. The Morgan fingerprint density at radius 1 is 1.40 bits per heavy atom. The predicted molar refractivity (Wildman–Crippen MR) is 79.9 cm³/mol. The first-order chi connectivity index (χ1) is 9.70. The lowest BCUT2D eigenvalue weighted by atomic mass is 9.98. The van der Waals surface area contributed by atoms with Crippen LogP contribution in [-0.4, -0.2) is 26.2 Å². The number of halogens is 2. The summed E-state index contributed by atoms with van der Waals surface area (Å²) in [5, 5.41) is 6.86. The molecule has 1 saturated heterocycles. The van der Waals surface area contributed by atoms with E-state index in [2.05, 4.69) is 10.6 Å². The van der Waals surface area contributed by atoms with Crippen molar-refractivity contribution in [2.24, 2.45) is 5.92 Å². The summed E-state index contributed by atoms with van der Waals surface area (Å²) in [5.41, 5.74) is 0.822. The zero-order valence-electron chi connectivity index (χ0n) is 11.8. The van der Waals surface area contributed by atoms with Gasteiger partial charge in [0.2, 0.25) is 0 Å². The standard InChI is InChI=1S/C15H22ClFN2O/c1-2-20-15-8-13(16)14(17)7-12(15)10-19-9-11-3-5-18-6-4-11/h7-8,11,18-19H,2-6,9-10H2,1H3. The van der Waals surface area contributed by atoms with Gasteiger partial charge in [-0.1, -0.05) is 11.6 Å². The van der Waals surface area contributed by atoms with Crippen molar-refractivity contribution in [2.75, 3.05) is 26.2 Å². The molecule has 0 aliphatic carbocycles. The minimum atomic E-state index is -0.395. The highest BCUT2D eigenvalue weighted by Crippen LogP contribution is 2.26. The quantitative estimate of drug-likeness (QED) is 0.847. The summed E-state index contributed by atoms with van der Waals surface area (Å²) in [5.74, 6) is 0.967. The van der Waals surface area contributed by atoms with Crippen LogP contribution in [0.2, 0.25) is 5.02 Å². The highest BCUT2D eigenvalue weighted by molar-refractivity contribution is 6.30. The molecule has 0 spiro atoms. The van der Waals surface area contributed by atoms with Gasteiger partial charge in [0.25, 0.3) is 0 Å². The molecule has 0 amide bonds. The Labute approximate surface area is 124 Å². The molecule has 0 aromatic heterocycles. The van der Waals surface area contributed by atoms with Crippen LogP contribution in [0.25, 0.3) is 0 Å². The second-order valence-corrected chi connectivity index (χ2v) is 5.54. The average Bonchev–Trinajstić information content (AvgIpc) is 2.45. The van der Waals surface area contributed by atoms with Crippen molar-refractivity contribution in [3.05, 3.63) is 28.5 Å². The molecular formula is C15H22ClFN2O. The number of ether oxygens (including phenoxy) is 1. The van der Waals surface area contributed by atoms with Crippen molar-refractivity contribution in [3.8, 4) is 5.75 Å². The van der Waals surface area contributed by atoms with Crippen LogP contribution in [0.3, 0.4) is 0 Å². The molecule has 1 aliphatic rings. The van der Waals surface area contributed by atoms with Crippen molar-refractivity contribution in [1.82, 2.24) is 10.6 Å². The highest BCUT2D eigenvalue weighted by Gasteiger charge is 2.14. The third-order valence-electron chi connectivity index (χ3n) is 3.61. The topological polar surface area (TPSA) is 33.3 Å². The van der Waals surface area contributed by atoms with Crippen molar-refractivity contribution in [1.29, 1.82) is 0 Å². The molecule has 1 aliphatic heterocycles. The summed E-state index contributed by atoms with van der Waals surface area (Å²) < 4.78 is 19.1. The van der Waals surface area contributed by atoms with Gasteiger partial charge in [0.1, 0.15) is 11.6 Å². The van der Waals surface area contributed by atoms with Gasteiger partial charge in [0, 0.05) is 18.2 Å². The van der Waals surface area contributed by atoms with Gasteiger partial charge in [-0.3, -0.25) is 0 Å². The van der Waals surface area contributed by atoms with Crippen LogP contribution >= 0.6 is 11.6 Å². The summed E-state index contributed by atoms with van der Waals surface area (Å²) in [4.78, 5) is 0. The molecule has 0 saturated carbocycles. The molecule has 0 radical (unpaired) electrons. The molecule has 20 heavy (non-hydrogen) atoms. The summed E-state index contributed by atoms with van der Waals surface area (Å²) in [6.07, 6.45) is 2.39. The Morgan fingerprint density at radius 3 is 2.85 bits per heavy atom. The van der Waals surface area contributed by atoms with E-state index in [0.717, 1.165) is 25.2 Å². The second kappa shape index (κ2) is 7.81. The SMILES string of the molecule is CCOc1cc(Cl)c(F)cc1CNCC1CCNCC1. The van der Waals surface area contributed by atoms with E-state index in [9.17, 15) is 4.39 Å². The molecule has 112 valence electrons. The maximum atomic E-state index is 13.6. The molecule has 1 heterocycles. The Balaban J connectivity index is 1.91. The largest absolute Gasteiger partial charge is 0.493 e. The number of piperidine rings is 1. The Morgan fingerprint density at radius 2 is 2.15 bits per heavy atom. The number of benzene rings is 1. The van der Waals surface area contributed by atoms with Crippen LogP contribution in [0.15, 0.2) is 12.1 Å². The normalized spacial score (nSPS) is 16.4. The van der Waals surface area contributed by atoms with E-state index in [4.69, 9.17) is 16.3 Å². The van der Waals surface area contributed by atoms with Crippen LogP contribution in [0.5, 0.6) is 5.75 Å². The number of nitrogens with one attached hydrogen (secondary N) is 2. The predicted octanol–water partition coefficient (Wildman–Crippen LogP) is 2.97. The summed E-state index contributed by atoms with van der Waals surface area (Å²) in [7, 11) is 0. The van der Waals surface area contributed by atoms with E-state index in [-0.39, 0.29) is 5.02 Å². The number of rotatable bonds is 6. The Hall–Kier alpha value is -0.840. The van der Waals surface area contributed by atoms with Gasteiger partial charge in [-0.2, -0.15) is 0 Å². The molecule has 1 aromatic carbocycles. The minimum absolute atomic E-state index is 0.107. The lowest BCUT2D eigenvalue weighted by Gasteiger charge is -2.23. The Bertz CT molecular complexity index is 436. The zero-order chi connectivity index (χ0) is 14.4. The molecule has 0 atom stereocenters. The minimum Gasteiger partial charge on any atom is -0.493 e. The van der Waals surface area contributed by atoms with Gasteiger partial charge >= 0.3 is 0 Å². The van der Waals surface area contributed by atoms with Crippen molar-refractivity contribution in [3.63, 3.8) is 0 Å². The van der Waals surface area contributed by atoms with E-state index < -0.39 is 5.82 Å². The van der Waals surface area contributed by atoms with E-state index in [0.29, 0.717) is 24.8 Å². The molecule has 5 heteroatoms. The highest BCUT2D eigenvalue weighted by atomic mass is 35.5. The van der Waals surface area contributed by atoms with E-state index in [1.807, 2.05) is 6.92 Å². The molecule has 0 unspecified atom stereocenters. The van der Waals surface area contributed by atoms with Gasteiger partial charge in [-0.05, 0) is 51.4 Å². The third kappa shape index (κ3) is 4.33. The Kier molecular flexibility index (Phi) is 6.07. The molecule has 1 fully saturated rings. The van der Waals surface area contributed by atoms with Gasteiger partial charge in [0.15, 0.2) is 0 Å². The van der Waals surface area contributed by atoms with E-state index in [1.54, 1.807) is 6.07 Å². The van der Waals surface area contributed by atoms with Crippen molar-refractivity contribution >= 4 is 11.6 Å². The van der Waals surface area contributed by atoms with Crippen molar-refractivity contribution < 1.29 is 9.13 Å². The lowest BCUT2D eigenvalue weighted by molar-refractivity contribution is 0.330. The fraction of sp³-hybridized carbons (Fsp3) is 0.600. The first kappa shape index (κ1) is 15.5. The average molecular weight is 301 g/mol. The zero-order valence-corrected chi connectivity index (χ0v) is 12.6. The van der Waals surface area contributed by atoms with Gasteiger partial charge in [0.05, 0.1) is 11.6 Å². The molecule has 1 aromatic rings. The van der Waals surface area contributed by atoms with E-state index >= 15 is 0 Å². The first-order valence-electron chi connectivity index (χ1n) is 7.23. The van der Waals surface area contributed by atoms with Gasteiger partial charge < -0.3 is 15.4 Å². The smallest absolute Gasteiger partial charge is 0.142 e. The number of hydrogen-bond donors (Lipinski definition) is 2. The molecule has 2 N–H and O–H groups in total. The monoisotopic (exact) mass is 300 g/mol. The van der Waals surface area contributed by atoms with Crippen LogP contribution in [0, 0.1) is 11.7 Å². The maximum absolute atomic E-state index is 13.6. The van der Waals surface area contributed by atoms with Crippen LogP contribution < -0.4 is 15.4 Å². The lowest BCUT2D eigenvalue weighted by Crippen LogP contribution is -2.33. The van der Waals surface area contributed by atoms with Crippen molar-refractivity contribution in [2.45, 2.75) is 26.3 Å².